The van der Waals surface area contributed by atoms with Gasteiger partial charge in [0.05, 0.1) is 23.0 Å². The maximum absolute atomic E-state index is 11.3. The Morgan fingerprint density at radius 2 is 1.92 bits per heavy atom. The molecule has 0 saturated carbocycles. The van der Waals surface area contributed by atoms with Crippen LogP contribution in [0, 0.1) is 19.3 Å². The quantitative estimate of drug-likeness (QED) is 0.350. The Hall–Kier alpha value is -0.420. The van der Waals surface area contributed by atoms with Gasteiger partial charge in [0.2, 0.25) is 0 Å². The summed E-state index contributed by atoms with van der Waals surface area (Å²) in [4.78, 5) is 9.82. The molecular formula is C15H29IN4O2S2. The first kappa shape index (κ1) is 23.6. The van der Waals surface area contributed by atoms with Crippen LogP contribution in [0.4, 0.5) is 0 Å². The van der Waals surface area contributed by atoms with Crippen molar-refractivity contribution in [2.24, 2.45) is 10.4 Å². The molecule has 0 atom stereocenters. The molecule has 0 aliphatic rings. The van der Waals surface area contributed by atoms with Gasteiger partial charge >= 0.3 is 0 Å². The van der Waals surface area contributed by atoms with Crippen molar-refractivity contribution < 1.29 is 8.42 Å². The second kappa shape index (κ2) is 9.91. The minimum atomic E-state index is -2.93. The predicted octanol–water partition coefficient (Wildman–Crippen LogP) is 2.50. The lowest BCUT2D eigenvalue weighted by Crippen LogP contribution is -2.42. The Kier molecular flexibility index (Phi) is 9.73. The van der Waals surface area contributed by atoms with E-state index in [4.69, 9.17) is 0 Å². The summed E-state index contributed by atoms with van der Waals surface area (Å²) in [5.41, 5.74) is 0.918. The molecule has 0 unspecified atom stereocenters. The van der Waals surface area contributed by atoms with Gasteiger partial charge in [-0.3, -0.25) is 4.99 Å². The molecule has 1 aromatic rings. The van der Waals surface area contributed by atoms with Crippen LogP contribution in [-0.4, -0.2) is 45.0 Å². The number of guanidine groups is 1. The second-order valence-corrected chi connectivity index (χ2v) is 10.1. The van der Waals surface area contributed by atoms with Crippen molar-refractivity contribution in [1.29, 1.82) is 0 Å². The lowest BCUT2D eigenvalue weighted by atomic mass is 9.90. The molecule has 1 rings (SSSR count). The zero-order chi connectivity index (χ0) is 17.7. The molecule has 1 aromatic heterocycles. The Morgan fingerprint density at radius 1 is 1.29 bits per heavy atom. The molecule has 6 nitrogen and oxygen atoms in total. The average Bonchev–Trinajstić information content (AvgIpc) is 2.74. The SMILES string of the molecule is CN=C(NCc1sc(C)nc1C)NCC(C)(C)CCS(C)(=O)=O.I. The number of aromatic nitrogens is 1. The van der Waals surface area contributed by atoms with E-state index in [1.165, 1.54) is 11.1 Å². The normalized spacial score (nSPS) is 12.7. The van der Waals surface area contributed by atoms with E-state index in [9.17, 15) is 8.42 Å². The number of halogens is 1. The maximum Gasteiger partial charge on any atom is 0.191 e. The molecule has 24 heavy (non-hydrogen) atoms. The topological polar surface area (TPSA) is 83.4 Å². The number of nitrogens with one attached hydrogen (secondary N) is 2. The summed E-state index contributed by atoms with van der Waals surface area (Å²) in [5, 5.41) is 7.61. The van der Waals surface area contributed by atoms with Gasteiger partial charge in [-0.2, -0.15) is 0 Å². The molecule has 0 bridgehead atoms. The molecule has 0 radical (unpaired) electrons. The van der Waals surface area contributed by atoms with Crippen LogP contribution in [0.15, 0.2) is 4.99 Å². The molecule has 0 amide bonds. The number of aliphatic imine (C=N–C) groups is 1. The third-order valence-electron chi connectivity index (χ3n) is 3.52. The number of aryl methyl sites for hydroxylation is 2. The van der Waals surface area contributed by atoms with Crippen molar-refractivity contribution in [3.05, 3.63) is 15.6 Å². The van der Waals surface area contributed by atoms with Gasteiger partial charge in [-0.1, -0.05) is 13.8 Å². The maximum atomic E-state index is 11.3. The van der Waals surface area contributed by atoms with Gasteiger partial charge in [-0.05, 0) is 25.7 Å². The third kappa shape index (κ3) is 9.16. The second-order valence-electron chi connectivity index (χ2n) is 6.56. The van der Waals surface area contributed by atoms with Crippen molar-refractivity contribution >= 4 is 51.1 Å². The van der Waals surface area contributed by atoms with Crippen LogP contribution in [0.5, 0.6) is 0 Å². The molecule has 0 aliphatic carbocycles. The molecule has 1 heterocycles. The van der Waals surface area contributed by atoms with E-state index in [0.29, 0.717) is 25.5 Å². The molecular weight excluding hydrogens is 459 g/mol. The van der Waals surface area contributed by atoms with Crippen molar-refractivity contribution in [3.63, 3.8) is 0 Å². The highest BCUT2D eigenvalue weighted by Crippen LogP contribution is 2.20. The Balaban J connectivity index is 0.00000529. The summed E-state index contributed by atoms with van der Waals surface area (Å²) in [6.45, 7) is 9.44. The molecule has 9 heteroatoms. The average molecular weight is 488 g/mol. The molecule has 0 aromatic carbocycles. The smallest absolute Gasteiger partial charge is 0.191 e. The summed E-state index contributed by atoms with van der Waals surface area (Å²) in [6.07, 6.45) is 1.89. The molecule has 0 fully saturated rings. The number of rotatable bonds is 7. The van der Waals surface area contributed by atoms with E-state index in [1.807, 2.05) is 13.8 Å². The Labute approximate surface area is 166 Å². The predicted molar refractivity (Wildman–Crippen MR) is 113 cm³/mol. The van der Waals surface area contributed by atoms with E-state index in [0.717, 1.165) is 10.7 Å². The third-order valence-corrected chi connectivity index (χ3v) is 5.54. The van der Waals surface area contributed by atoms with E-state index >= 15 is 0 Å². The first-order valence-corrected chi connectivity index (χ1v) is 10.5. The van der Waals surface area contributed by atoms with Gasteiger partial charge in [0.25, 0.3) is 0 Å². The van der Waals surface area contributed by atoms with Crippen molar-refractivity contribution in [1.82, 2.24) is 15.6 Å². The standard InChI is InChI=1S/C15H28N4O2S2.HI/c1-11-13(22-12(2)19-11)9-17-14(16-5)18-10-15(3,4)7-8-23(6,20)21;/h7-10H2,1-6H3,(H2,16,17,18);1H. The molecule has 0 aliphatic heterocycles. The van der Waals surface area contributed by atoms with Crippen LogP contribution in [-0.2, 0) is 16.4 Å². The van der Waals surface area contributed by atoms with Gasteiger partial charge in [0, 0.05) is 24.7 Å². The van der Waals surface area contributed by atoms with Crippen LogP contribution in [0.2, 0.25) is 0 Å². The lowest BCUT2D eigenvalue weighted by molar-refractivity contribution is 0.348. The summed E-state index contributed by atoms with van der Waals surface area (Å²) in [6, 6.07) is 0. The van der Waals surface area contributed by atoms with E-state index in [-0.39, 0.29) is 35.1 Å². The fourth-order valence-electron chi connectivity index (χ4n) is 2.00. The Bertz CT molecular complexity index is 654. The number of sulfone groups is 1. The lowest BCUT2D eigenvalue weighted by Gasteiger charge is -2.25. The van der Waals surface area contributed by atoms with Crippen molar-refractivity contribution in [2.45, 2.75) is 40.7 Å². The van der Waals surface area contributed by atoms with Gasteiger partial charge in [0.1, 0.15) is 9.84 Å². The molecule has 140 valence electrons. The monoisotopic (exact) mass is 488 g/mol. The molecule has 2 N–H and O–H groups in total. The zero-order valence-electron chi connectivity index (χ0n) is 15.3. The summed E-state index contributed by atoms with van der Waals surface area (Å²) in [7, 11) is -1.20. The fraction of sp³-hybridized carbons (Fsp3) is 0.733. The highest BCUT2D eigenvalue weighted by Gasteiger charge is 2.20. The first-order chi connectivity index (χ1) is 10.5. The summed E-state index contributed by atoms with van der Waals surface area (Å²) < 4.78 is 22.6. The largest absolute Gasteiger partial charge is 0.356 e. The van der Waals surface area contributed by atoms with Gasteiger partial charge in [-0.15, -0.1) is 35.3 Å². The van der Waals surface area contributed by atoms with Gasteiger partial charge in [-0.25, -0.2) is 13.4 Å². The van der Waals surface area contributed by atoms with Crippen LogP contribution in [0.3, 0.4) is 0 Å². The van der Waals surface area contributed by atoms with Gasteiger partial charge < -0.3 is 10.6 Å². The summed E-state index contributed by atoms with van der Waals surface area (Å²) in [5.74, 6) is 0.912. The molecule has 0 saturated heterocycles. The number of thiazole rings is 1. The minimum Gasteiger partial charge on any atom is -0.356 e. The van der Waals surface area contributed by atoms with E-state index in [1.54, 1.807) is 18.4 Å². The van der Waals surface area contributed by atoms with E-state index in [2.05, 4.69) is 34.5 Å². The zero-order valence-corrected chi connectivity index (χ0v) is 19.2. The van der Waals surface area contributed by atoms with Crippen LogP contribution in [0.25, 0.3) is 0 Å². The van der Waals surface area contributed by atoms with Crippen LogP contribution >= 0.6 is 35.3 Å². The van der Waals surface area contributed by atoms with E-state index < -0.39 is 9.84 Å². The first-order valence-electron chi connectivity index (χ1n) is 7.57. The number of hydrogen-bond acceptors (Lipinski definition) is 5. The summed E-state index contributed by atoms with van der Waals surface area (Å²) >= 11 is 1.68. The van der Waals surface area contributed by atoms with Crippen molar-refractivity contribution in [3.8, 4) is 0 Å². The number of nitrogens with zero attached hydrogens (tertiary/aromatic N) is 2. The Morgan fingerprint density at radius 3 is 2.38 bits per heavy atom. The van der Waals surface area contributed by atoms with Crippen LogP contribution < -0.4 is 10.6 Å². The highest BCUT2D eigenvalue weighted by molar-refractivity contribution is 14.0. The fourth-order valence-corrected chi connectivity index (χ4v) is 3.80. The van der Waals surface area contributed by atoms with Crippen LogP contribution in [0.1, 0.15) is 35.8 Å². The highest BCUT2D eigenvalue weighted by atomic mass is 127. The molecule has 0 spiro atoms. The minimum absolute atomic E-state index is 0. The van der Waals surface area contributed by atoms with Crippen molar-refractivity contribution in [2.75, 3.05) is 25.6 Å². The van der Waals surface area contributed by atoms with Gasteiger partial charge in [0.15, 0.2) is 5.96 Å². The number of hydrogen-bond donors (Lipinski definition) is 2.